The number of aliphatic hydroxyl groups excluding tert-OH is 3. The van der Waals surface area contributed by atoms with Crippen LogP contribution in [0.2, 0.25) is 0 Å². The Kier molecular flexibility index (Phi) is 5.02. The van der Waals surface area contributed by atoms with Crippen molar-refractivity contribution in [1.82, 2.24) is 10.3 Å². The Morgan fingerprint density at radius 3 is 2.18 bits per heavy atom. The quantitative estimate of drug-likeness (QED) is 0.482. The lowest BCUT2D eigenvalue weighted by Crippen LogP contribution is -2.57. The van der Waals surface area contributed by atoms with E-state index >= 15 is 0 Å². The summed E-state index contributed by atoms with van der Waals surface area (Å²) in [5.74, 6) is -0.381. The predicted molar refractivity (Wildman–Crippen MR) is 60.1 cm³/mol. The Labute approximate surface area is 98.9 Å². The summed E-state index contributed by atoms with van der Waals surface area (Å²) in [6.07, 6.45) is 3.24. The molecule has 94 valence electrons. The summed E-state index contributed by atoms with van der Waals surface area (Å²) < 4.78 is 0. The highest BCUT2D eigenvalue weighted by Gasteiger charge is 2.29. The average Bonchev–Trinajstić information content (AvgIpc) is 2.37. The third-order valence-electron chi connectivity index (χ3n) is 2.43. The molecule has 0 spiro atoms. The molecule has 6 heteroatoms. The van der Waals surface area contributed by atoms with E-state index in [1.54, 1.807) is 24.5 Å². The number of hydrogen-bond acceptors (Lipinski definition) is 5. The zero-order valence-corrected chi connectivity index (χ0v) is 9.33. The lowest BCUT2D eigenvalue weighted by molar-refractivity contribution is -0.124. The minimum Gasteiger partial charge on any atom is -0.394 e. The molecule has 17 heavy (non-hydrogen) atoms. The van der Waals surface area contributed by atoms with E-state index in [4.69, 9.17) is 15.3 Å². The Morgan fingerprint density at radius 2 is 1.71 bits per heavy atom. The van der Waals surface area contributed by atoms with Crippen LogP contribution in [0.4, 0.5) is 0 Å². The fourth-order valence-electron chi connectivity index (χ4n) is 1.29. The van der Waals surface area contributed by atoms with Gasteiger partial charge in [-0.2, -0.15) is 0 Å². The number of carbonyl (C=O) groups excluding carboxylic acids is 1. The molecule has 1 aromatic heterocycles. The van der Waals surface area contributed by atoms with Crippen LogP contribution in [0.3, 0.4) is 0 Å². The van der Waals surface area contributed by atoms with Crippen LogP contribution >= 0.6 is 0 Å². The number of aliphatic hydroxyl groups is 3. The highest BCUT2D eigenvalue weighted by molar-refractivity contribution is 5.79. The molecular weight excluding hydrogens is 224 g/mol. The van der Waals surface area contributed by atoms with Crippen molar-refractivity contribution in [3.63, 3.8) is 0 Å². The van der Waals surface area contributed by atoms with Gasteiger partial charge >= 0.3 is 0 Å². The van der Waals surface area contributed by atoms with Crippen LogP contribution in [0, 0.1) is 0 Å². The highest BCUT2D eigenvalue weighted by Crippen LogP contribution is 2.04. The summed E-state index contributed by atoms with van der Waals surface area (Å²) in [5.41, 5.74) is -0.607. The van der Waals surface area contributed by atoms with E-state index in [1.807, 2.05) is 0 Å². The lowest BCUT2D eigenvalue weighted by Gasteiger charge is -2.28. The van der Waals surface area contributed by atoms with Gasteiger partial charge in [-0.1, -0.05) is 0 Å². The number of rotatable bonds is 6. The van der Waals surface area contributed by atoms with Gasteiger partial charge < -0.3 is 20.6 Å². The first kappa shape index (κ1) is 13.6. The van der Waals surface area contributed by atoms with E-state index in [-0.39, 0.29) is 12.3 Å². The Balaban J connectivity index is 2.60. The van der Waals surface area contributed by atoms with Gasteiger partial charge in [0, 0.05) is 12.4 Å². The fourth-order valence-corrected chi connectivity index (χ4v) is 1.29. The minimum atomic E-state index is -1.37. The van der Waals surface area contributed by atoms with Crippen LogP contribution in [0.15, 0.2) is 24.5 Å². The second kappa shape index (κ2) is 6.29. The van der Waals surface area contributed by atoms with Gasteiger partial charge in [0.2, 0.25) is 5.91 Å². The van der Waals surface area contributed by atoms with Gasteiger partial charge in [0.15, 0.2) is 0 Å². The molecule has 0 bridgehead atoms. The predicted octanol–water partition coefficient (Wildman–Crippen LogP) is -1.54. The molecule has 1 rings (SSSR count). The van der Waals surface area contributed by atoms with E-state index < -0.39 is 25.4 Å². The first-order chi connectivity index (χ1) is 8.15. The van der Waals surface area contributed by atoms with Crippen LogP contribution < -0.4 is 5.32 Å². The van der Waals surface area contributed by atoms with E-state index in [9.17, 15) is 4.79 Å². The van der Waals surface area contributed by atoms with E-state index in [2.05, 4.69) is 10.3 Å². The van der Waals surface area contributed by atoms with Crippen LogP contribution in [0.5, 0.6) is 0 Å². The molecule has 0 saturated heterocycles. The molecule has 1 heterocycles. The average molecular weight is 240 g/mol. The third-order valence-corrected chi connectivity index (χ3v) is 2.43. The number of pyridine rings is 1. The largest absolute Gasteiger partial charge is 0.394 e. The molecule has 0 fully saturated rings. The van der Waals surface area contributed by atoms with Crippen molar-refractivity contribution in [2.45, 2.75) is 12.0 Å². The smallest absolute Gasteiger partial charge is 0.225 e. The number of carbonyl (C=O) groups is 1. The zero-order valence-electron chi connectivity index (χ0n) is 9.33. The van der Waals surface area contributed by atoms with Crippen molar-refractivity contribution in [2.24, 2.45) is 0 Å². The number of nitrogens with zero attached hydrogens (tertiary/aromatic N) is 1. The van der Waals surface area contributed by atoms with E-state index in [0.29, 0.717) is 0 Å². The summed E-state index contributed by atoms with van der Waals surface area (Å²) in [7, 11) is 0. The number of amides is 1. The minimum absolute atomic E-state index is 0.101. The Bertz CT molecular complexity index is 343. The van der Waals surface area contributed by atoms with Crippen LogP contribution in [0.25, 0.3) is 0 Å². The van der Waals surface area contributed by atoms with Gasteiger partial charge in [0.1, 0.15) is 5.54 Å². The van der Waals surface area contributed by atoms with E-state index in [0.717, 1.165) is 5.56 Å². The molecule has 4 N–H and O–H groups in total. The van der Waals surface area contributed by atoms with Crippen LogP contribution in [-0.2, 0) is 11.2 Å². The molecule has 1 amide bonds. The van der Waals surface area contributed by atoms with Gasteiger partial charge in [-0.25, -0.2) is 0 Å². The standard InChI is InChI=1S/C11H16N2O4/c14-6-11(7-15,8-16)13-10(17)5-9-1-3-12-4-2-9/h1-4,14-16H,5-8H2,(H,13,17). The maximum Gasteiger partial charge on any atom is 0.225 e. The van der Waals surface area contributed by atoms with E-state index in [1.165, 1.54) is 0 Å². The molecule has 0 unspecified atom stereocenters. The van der Waals surface area contributed by atoms with Crippen LogP contribution in [-0.4, -0.2) is 51.6 Å². The van der Waals surface area contributed by atoms with Crippen molar-refractivity contribution < 1.29 is 20.1 Å². The maximum atomic E-state index is 11.6. The molecule has 0 radical (unpaired) electrons. The number of nitrogens with one attached hydrogen (secondary N) is 1. The number of hydrogen-bond donors (Lipinski definition) is 4. The molecule has 0 aromatic carbocycles. The summed E-state index contributed by atoms with van der Waals surface area (Å²) in [4.78, 5) is 15.5. The zero-order chi connectivity index (χ0) is 12.7. The van der Waals surface area contributed by atoms with Gasteiger partial charge in [-0.3, -0.25) is 9.78 Å². The van der Waals surface area contributed by atoms with Gasteiger partial charge in [-0.05, 0) is 17.7 Å². The summed E-state index contributed by atoms with van der Waals surface area (Å²) in [6.45, 7) is -1.58. The fraction of sp³-hybridized carbons (Fsp3) is 0.455. The van der Waals surface area contributed by atoms with Gasteiger partial charge in [0.25, 0.3) is 0 Å². The van der Waals surface area contributed by atoms with Crippen molar-refractivity contribution in [3.05, 3.63) is 30.1 Å². The first-order valence-electron chi connectivity index (χ1n) is 5.18. The summed E-state index contributed by atoms with van der Waals surface area (Å²) in [6, 6.07) is 3.39. The van der Waals surface area contributed by atoms with Crippen molar-refractivity contribution in [3.8, 4) is 0 Å². The molecule has 0 aliphatic carbocycles. The molecule has 6 nitrogen and oxygen atoms in total. The topological polar surface area (TPSA) is 103 Å². The highest BCUT2D eigenvalue weighted by atomic mass is 16.3. The molecular formula is C11H16N2O4. The molecule has 0 aliphatic rings. The SMILES string of the molecule is O=C(Cc1ccncc1)NC(CO)(CO)CO. The molecule has 0 saturated carbocycles. The van der Waals surface area contributed by atoms with Gasteiger partial charge in [0.05, 0.1) is 26.2 Å². The van der Waals surface area contributed by atoms with Crippen molar-refractivity contribution in [1.29, 1.82) is 0 Å². The second-order valence-electron chi connectivity index (χ2n) is 3.84. The monoisotopic (exact) mass is 240 g/mol. The number of aromatic nitrogens is 1. The Hall–Kier alpha value is -1.50. The molecule has 1 aromatic rings. The first-order valence-corrected chi connectivity index (χ1v) is 5.18. The third kappa shape index (κ3) is 3.77. The normalized spacial score (nSPS) is 11.2. The Morgan fingerprint density at radius 1 is 1.18 bits per heavy atom. The molecule has 0 atom stereocenters. The summed E-state index contributed by atoms with van der Waals surface area (Å²) >= 11 is 0. The second-order valence-corrected chi connectivity index (χ2v) is 3.84. The van der Waals surface area contributed by atoms with Crippen LogP contribution in [0.1, 0.15) is 5.56 Å². The maximum absolute atomic E-state index is 11.6. The van der Waals surface area contributed by atoms with Gasteiger partial charge in [-0.15, -0.1) is 0 Å². The lowest BCUT2D eigenvalue weighted by atomic mass is 10.0. The van der Waals surface area contributed by atoms with Crippen molar-refractivity contribution >= 4 is 5.91 Å². The molecule has 0 aliphatic heterocycles. The van der Waals surface area contributed by atoms with Crippen molar-refractivity contribution in [2.75, 3.05) is 19.8 Å². The summed E-state index contributed by atoms with van der Waals surface area (Å²) in [5, 5.41) is 29.6.